The number of carbonyl (C=O) groups is 2. The molecule has 1 N–H and O–H groups in total. The Kier molecular flexibility index (Phi) is 7.50. The highest BCUT2D eigenvalue weighted by atomic mass is 28.4. The van der Waals surface area contributed by atoms with Crippen LogP contribution in [0.2, 0.25) is 18.6 Å². The van der Waals surface area contributed by atoms with Gasteiger partial charge in [-0.1, -0.05) is 50.1 Å². The second-order valence-electron chi connectivity index (χ2n) is 11.6. The normalized spacial score (nSPS) is 28.1. The maximum atomic E-state index is 15.6. The van der Waals surface area contributed by atoms with E-state index in [2.05, 4.69) is 0 Å². The lowest BCUT2D eigenvalue weighted by molar-refractivity contribution is -0.146. The topological polar surface area (TPSA) is 70.1 Å². The molecule has 3 heterocycles. The first-order valence-corrected chi connectivity index (χ1v) is 16.9. The number of aliphatic hydroxyl groups is 1. The van der Waals surface area contributed by atoms with Crippen molar-refractivity contribution in [1.82, 2.24) is 0 Å². The van der Waals surface area contributed by atoms with Crippen molar-refractivity contribution in [2.45, 2.75) is 82.3 Å². The van der Waals surface area contributed by atoms with E-state index in [1.807, 2.05) is 60.4 Å². The standard InChI is InChI=1S/C30H39FN2O4Si/c1-21-28(38(2,3)31)26(16-18-34)37-30(21)24-13-7-8-14-25(24)33(29(30)36)20-22-11-10-12-23(19-22)32-17-9-5-4-6-15-27(32)35/h7-8,10-14,19,21,26,28,34H,4-6,9,15-18,20H2,1-3H3/t21-,26+,28-,30+/m0/s1. The number of benzene rings is 2. The maximum Gasteiger partial charge on any atom is 0.264 e. The number of fused-ring (bicyclic) bond motifs is 2. The number of aliphatic hydroxyl groups excluding tert-OH is 1. The van der Waals surface area contributed by atoms with Crippen LogP contribution in [0.3, 0.4) is 0 Å². The van der Waals surface area contributed by atoms with Crippen molar-refractivity contribution >= 4 is 31.6 Å². The molecule has 2 aromatic carbocycles. The summed E-state index contributed by atoms with van der Waals surface area (Å²) in [5.74, 6) is -0.396. The second kappa shape index (κ2) is 10.5. The molecule has 0 radical (unpaired) electrons. The Hall–Kier alpha value is -2.55. The molecule has 0 saturated carbocycles. The number of halogens is 1. The van der Waals surface area contributed by atoms with Gasteiger partial charge in [0.05, 0.1) is 18.3 Å². The van der Waals surface area contributed by atoms with Crippen LogP contribution in [0.25, 0.3) is 0 Å². The predicted octanol–water partition coefficient (Wildman–Crippen LogP) is 5.69. The summed E-state index contributed by atoms with van der Waals surface area (Å²) in [5.41, 5.74) is 1.66. The molecule has 2 fully saturated rings. The van der Waals surface area contributed by atoms with Crippen LogP contribution in [0.4, 0.5) is 15.5 Å². The average Bonchev–Trinajstić information content (AvgIpc) is 3.29. The van der Waals surface area contributed by atoms with E-state index in [1.54, 1.807) is 18.0 Å². The summed E-state index contributed by atoms with van der Waals surface area (Å²) in [6, 6.07) is 15.5. The minimum Gasteiger partial charge on any atom is -0.396 e. The number of carbonyl (C=O) groups excluding carboxylic acids is 2. The van der Waals surface area contributed by atoms with Crippen molar-refractivity contribution in [1.29, 1.82) is 0 Å². The Labute approximate surface area is 226 Å². The van der Waals surface area contributed by atoms with E-state index in [0.717, 1.165) is 48.2 Å². The third-order valence-corrected chi connectivity index (χ3v) is 11.1. The van der Waals surface area contributed by atoms with E-state index in [4.69, 9.17) is 4.74 Å². The molecule has 5 rings (SSSR count). The lowest BCUT2D eigenvalue weighted by Crippen LogP contribution is -2.45. The number of hydrogen-bond donors (Lipinski definition) is 1. The molecule has 38 heavy (non-hydrogen) atoms. The Balaban J connectivity index is 1.48. The zero-order valence-corrected chi connectivity index (χ0v) is 23.7. The quantitative estimate of drug-likeness (QED) is 0.379. The summed E-state index contributed by atoms with van der Waals surface area (Å²) in [7, 11) is -3.21. The number of amides is 2. The van der Waals surface area contributed by atoms with Crippen molar-refractivity contribution < 1.29 is 23.5 Å². The average molecular weight is 539 g/mol. The van der Waals surface area contributed by atoms with Crippen LogP contribution in [-0.2, 0) is 26.5 Å². The van der Waals surface area contributed by atoms with Gasteiger partial charge < -0.3 is 23.8 Å². The number of rotatable bonds is 6. The van der Waals surface area contributed by atoms with E-state index in [0.29, 0.717) is 25.9 Å². The van der Waals surface area contributed by atoms with E-state index < -0.39 is 25.7 Å². The molecule has 3 aliphatic heterocycles. The molecule has 2 aromatic rings. The molecular formula is C30H39FN2O4Si. The van der Waals surface area contributed by atoms with Gasteiger partial charge in [-0.25, -0.2) is 0 Å². The predicted molar refractivity (Wildman–Crippen MR) is 149 cm³/mol. The van der Waals surface area contributed by atoms with Gasteiger partial charge in [-0.3, -0.25) is 9.59 Å². The third-order valence-electron chi connectivity index (χ3n) is 8.67. The summed E-state index contributed by atoms with van der Waals surface area (Å²) in [4.78, 5) is 30.8. The zero-order valence-electron chi connectivity index (χ0n) is 22.7. The maximum absolute atomic E-state index is 15.6. The highest BCUT2D eigenvalue weighted by molar-refractivity contribution is 6.72. The van der Waals surface area contributed by atoms with Crippen LogP contribution in [0.15, 0.2) is 48.5 Å². The molecule has 6 nitrogen and oxygen atoms in total. The van der Waals surface area contributed by atoms with Crippen LogP contribution in [0.5, 0.6) is 0 Å². The molecule has 0 unspecified atom stereocenters. The monoisotopic (exact) mass is 538 g/mol. The van der Waals surface area contributed by atoms with Crippen molar-refractivity contribution in [3.8, 4) is 0 Å². The van der Waals surface area contributed by atoms with E-state index in [-0.39, 0.29) is 24.3 Å². The molecule has 2 amide bonds. The highest BCUT2D eigenvalue weighted by Gasteiger charge is 2.66. The summed E-state index contributed by atoms with van der Waals surface area (Å²) in [6.45, 7) is 6.19. The van der Waals surface area contributed by atoms with Gasteiger partial charge >= 0.3 is 0 Å². The second-order valence-corrected chi connectivity index (χ2v) is 15.4. The SMILES string of the molecule is C[C@H]1[C@H]([Si](C)(C)F)[C@@H](CCO)O[C@]12C(=O)N(Cc1cccc(N3CCCCCCC3=O)c1)c1ccccc12. The van der Waals surface area contributed by atoms with E-state index in [9.17, 15) is 14.7 Å². The molecule has 0 aliphatic carbocycles. The van der Waals surface area contributed by atoms with Crippen LogP contribution < -0.4 is 9.80 Å². The molecule has 0 aromatic heterocycles. The van der Waals surface area contributed by atoms with Crippen molar-refractivity contribution in [3.63, 3.8) is 0 Å². The summed E-state index contributed by atoms with van der Waals surface area (Å²) in [5, 5.41) is 9.71. The van der Waals surface area contributed by atoms with Gasteiger partial charge in [-0.05, 0) is 56.1 Å². The summed E-state index contributed by atoms with van der Waals surface area (Å²) >= 11 is 0. The van der Waals surface area contributed by atoms with E-state index >= 15 is 4.11 Å². The minimum absolute atomic E-state index is 0.115. The third kappa shape index (κ3) is 4.60. The lowest BCUT2D eigenvalue weighted by Gasteiger charge is -2.31. The van der Waals surface area contributed by atoms with Crippen molar-refractivity contribution in [2.24, 2.45) is 5.92 Å². The molecule has 8 heteroatoms. The van der Waals surface area contributed by atoms with Crippen molar-refractivity contribution in [2.75, 3.05) is 23.0 Å². The lowest BCUT2D eigenvalue weighted by atomic mass is 9.82. The molecule has 0 bridgehead atoms. The van der Waals surface area contributed by atoms with Gasteiger partial charge in [-0.2, -0.15) is 0 Å². The first-order chi connectivity index (χ1) is 18.2. The molecule has 1 spiro atoms. The molecule has 2 saturated heterocycles. The van der Waals surface area contributed by atoms with Crippen LogP contribution in [0, 0.1) is 5.92 Å². The van der Waals surface area contributed by atoms with Gasteiger partial charge in [0.1, 0.15) is 0 Å². The fourth-order valence-corrected chi connectivity index (χ4v) is 9.54. The molecule has 3 aliphatic rings. The Morgan fingerprint density at radius 1 is 1.08 bits per heavy atom. The minimum atomic E-state index is -3.21. The fourth-order valence-electron chi connectivity index (χ4n) is 6.99. The summed E-state index contributed by atoms with van der Waals surface area (Å²) < 4.78 is 22.2. The number of nitrogens with zero attached hydrogens (tertiary/aromatic N) is 2. The zero-order chi connectivity index (χ0) is 27.1. The van der Waals surface area contributed by atoms with Crippen molar-refractivity contribution in [3.05, 3.63) is 59.7 Å². The molecular weight excluding hydrogens is 499 g/mol. The Bertz CT molecular complexity index is 1200. The molecule has 4 atom stereocenters. The number of para-hydroxylation sites is 1. The Morgan fingerprint density at radius 2 is 1.84 bits per heavy atom. The van der Waals surface area contributed by atoms with E-state index in [1.165, 1.54) is 0 Å². The van der Waals surface area contributed by atoms with Crippen LogP contribution in [-0.4, -0.2) is 44.6 Å². The van der Waals surface area contributed by atoms with Crippen LogP contribution >= 0.6 is 0 Å². The number of ether oxygens (including phenoxy) is 1. The van der Waals surface area contributed by atoms with Gasteiger partial charge in [0.15, 0.2) is 5.60 Å². The highest BCUT2D eigenvalue weighted by Crippen LogP contribution is 2.60. The van der Waals surface area contributed by atoms with Gasteiger partial charge in [0, 0.05) is 42.3 Å². The fraction of sp³-hybridized carbons (Fsp3) is 0.533. The first kappa shape index (κ1) is 27.0. The number of hydrogen-bond acceptors (Lipinski definition) is 4. The van der Waals surface area contributed by atoms with Gasteiger partial charge in [0.25, 0.3) is 5.91 Å². The number of anilines is 2. The molecule has 204 valence electrons. The Morgan fingerprint density at radius 3 is 2.61 bits per heavy atom. The smallest absolute Gasteiger partial charge is 0.264 e. The largest absolute Gasteiger partial charge is 0.396 e. The van der Waals surface area contributed by atoms with Crippen LogP contribution in [0.1, 0.15) is 56.6 Å². The first-order valence-electron chi connectivity index (χ1n) is 14.0. The van der Waals surface area contributed by atoms with Gasteiger partial charge in [0.2, 0.25) is 14.3 Å². The van der Waals surface area contributed by atoms with Gasteiger partial charge in [-0.15, -0.1) is 0 Å². The summed E-state index contributed by atoms with van der Waals surface area (Å²) in [6.07, 6.45) is 4.48.